The lowest BCUT2D eigenvalue weighted by molar-refractivity contribution is -0.121. The van der Waals surface area contributed by atoms with E-state index in [0.717, 1.165) is 36.3 Å². The summed E-state index contributed by atoms with van der Waals surface area (Å²) in [6.45, 7) is 1.26. The Labute approximate surface area is 107 Å². The van der Waals surface area contributed by atoms with Crippen LogP contribution in [0, 0.1) is 5.92 Å². The molecule has 17 heavy (non-hydrogen) atoms. The van der Waals surface area contributed by atoms with Crippen LogP contribution in [-0.2, 0) is 16.1 Å². The van der Waals surface area contributed by atoms with E-state index >= 15 is 0 Å². The van der Waals surface area contributed by atoms with Gasteiger partial charge in [-0.25, -0.2) is 0 Å². The molecule has 0 spiro atoms. The number of rotatable bonds is 5. The monoisotopic (exact) mass is 252 g/mol. The van der Waals surface area contributed by atoms with Gasteiger partial charge in [0.2, 0.25) is 0 Å². The van der Waals surface area contributed by atoms with Gasteiger partial charge in [-0.15, -0.1) is 0 Å². The van der Waals surface area contributed by atoms with Crippen LogP contribution in [0.1, 0.15) is 31.2 Å². The van der Waals surface area contributed by atoms with E-state index in [4.69, 9.17) is 16.3 Å². The van der Waals surface area contributed by atoms with Crippen molar-refractivity contribution in [3.8, 4) is 0 Å². The highest BCUT2D eigenvalue weighted by Gasteiger charge is 2.23. The zero-order chi connectivity index (χ0) is 12.1. The van der Waals surface area contributed by atoms with Crippen LogP contribution in [0.4, 0.5) is 0 Å². The van der Waals surface area contributed by atoms with Gasteiger partial charge in [0, 0.05) is 24.0 Å². The molecule has 0 heterocycles. The van der Waals surface area contributed by atoms with Crippen molar-refractivity contribution in [2.75, 3.05) is 6.61 Å². The fraction of sp³-hybridized carbons (Fsp3) is 0.500. The van der Waals surface area contributed by atoms with Gasteiger partial charge in [0.15, 0.2) is 0 Å². The molecule has 0 aliphatic heterocycles. The Balaban J connectivity index is 1.66. The van der Waals surface area contributed by atoms with Gasteiger partial charge in [0.1, 0.15) is 5.78 Å². The molecule has 1 aromatic carbocycles. The molecule has 1 unspecified atom stereocenters. The number of carbonyl (C=O) groups excluding carboxylic acids is 1. The van der Waals surface area contributed by atoms with Gasteiger partial charge in [-0.2, -0.15) is 0 Å². The van der Waals surface area contributed by atoms with Gasteiger partial charge in [-0.05, 0) is 37.0 Å². The Kier molecular flexibility index (Phi) is 4.57. The predicted molar refractivity (Wildman–Crippen MR) is 68.1 cm³/mol. The summed E-state index contributed by atoms with van der Waals surface area (Å²) in [6.07, 6.45) is 3.73. The fourth-order valence-electron chi connectivity index (χ4n) is 2.19. The van der Waals surface area contributed by atoms with Crippen molar-refractivity contribution in [2.45, 2.75) is 32.3 Å². The molecule has 1 aliphatic carbocycles. The van der Waals surface area contributed by atoms with Crippen molar-refractivity contribution in [1.29, 1.82) is 0 Å². The standard InChI is InChI=1S/C14H17ClO2/c15-13-6-4-11(5-7-13)10-17-9-8-12-2-1-3-14(12)16/h4-7,12H,1-3,8-10H2. The number of carbonyl (C=O) groups is 1. The molecule has 1 atom stereocenters. The maximum Gasteiger partial charge on any atom is 0.136 e. The van der Waals surface area contributed by atoms with Crippen molar-refractivity contribution in [3.05, 3.63) is 34.9 Å². The number of ether oxygens (including phenoxy) is 1. The van der Waals surface area contributed by atoms with Crippen LogP contribution in [0.5, 0.6) is 0 Å². The van der Waals surface area contributed by atoms with Crippen LogP contribution in [0.3, 0.4) is 0 Å². The zero-order valence-corrected chi connectivity index (χ0v) is 10.6. The predicted octanol–water partition coefficient (Wildman–Crippen LogP) is 3.62. The number of hydrogen-bond donors (Lipinski definition) is 0. The Morgan fingerprint density at radius 3 is 2.71 bits per heavy atom. The lowest BCUT2D eigenvalue weighted by Crippen LogP contribution is -2.09. The first-order chi connectivity index (χ1) is 8.25. The van der Waals surface area contributed by atoms with E-state index in [1.54, 1.807) is 0 Å². The SMILES string of the molecule is O=C1CCCC1CCOCc1ccc(Cl)cc1. The van der Waals surface area contributed by atoms with Gasteiger partial charge in [0.25, 0.3) is 0 Å². The second-order valence-corrected chi connectivity index (χ2v) is 4.96. The number of Topliss-reactive ketones (excluding diaryl/α,β-unsaturated/α-hetero) is 1. The summed E-state index contributed by atoms with van der Waals surface area (Å²) < 4.78 is 5.57. The van der Waals surface area contributed by atoms with Crippen molar-refractivity contribution >= 4 is 17.4 Å². The maximum atomic E-state index is 11.4. The van der Waals surface area contributed by atoms with Crippen molar-refractivity contribution in [2.24, 2.45) is 5.92 Å². The van der Waals surface area contributed by atoms with Crippen LogP contribution in [0.25, 0.3) is 0 Å². The molecule has 1 aliphatic rings. The second kappa shape index (κ2) is 6.18. The van der Waals surface area contributed by atoms with E-state index in [-0.39, 0.29) is 5.92 Å². The average molecular weight is 253 g/mol. The minimum absolute atomic E-state index is 0.250. The van der Waals surface area contributed by atoms with E-state index in [9.17, 15) is 4.79 Å². The van der Waals surface area contributed by atoms with Crippen LogP contribution in [-0.4, -0.2) is 12.4 Å². The molecule has 3 heteroatoms. The van der Waals surface area contributed by atoms with Crippen molar-refractivity contribution in [3.63, 3.8) is 0 Å². The van der Waals surface area contributed by atoms with Gasteiger partial charge < -0.3 is 4.74 Å². The molecule has 2 nitrogen and oxygen atoms in total. The lowest BCUT2D eigenvalue weighted by atomic mass is 10.0. The lowest BCUT2D eigenvalue weighted by Gasteiger charge is -2.08. The Morgan fingerprint density at radius 2 is 2.06 bits per heavy atom. The van der Waals surface area contributed by atoms with E-state index in [0.29, 0.717) is 19.0 Å². The largest absolute Gasteiger partial charge is 0.377 e. The third kappa shape index (κ3) is 3.83. The van der Waals surface area contributed by atoms with Crippen LogP contribution >= 0.6 is 11.6 Å². The summed E-state index contributed by atoms with van der Waals surface area (Å²) in [4.78, 5) is 11.4. The van der Waals surface area contributed by atoms with Gasteiger partial charge in [-0.1, -0.05) is 23.7 Å². The van der Waals surface area contributed by atoms with Crippen LogP contribution < -0.4 is 0 Å². The Hall–Kier alpha value is -0.860. The minimum atomic E-state index is 0.250. The van der Waals surface area contributed by atoms with E-state index in [1.165, 1.54) is 0 Å². The Morgan fingerprint density at radius 1 is 1.29 bits per heavy atom. The van der Waals surface area contributed by atoms with E-state index < -0.39 is 0 Å². The average Bonchev–Trinajstić information content (AvgIpc) is 2.73. The fourth-order valence-corrected chi connectivity index (χ4v) is 2.32. The topological polar surface area (TPSA) is 26.3 Å². The summed E-state index contributed by atoms with van der Waals surface area (Å²) in [5, 5.41) is 0.741. The number of hydrogen-bond acceptors (Lipinski definition) is 2. The summed E-state index contributed by atoms with van der Waals surface area (Å²) in [5.74, 6) is 0.667. The van der Waals surface area contributed by atoms with Gasteiger partial charge in [0.05, 0.1) is 6.61 Å². The van der Waals surface area contributed by atoms with Crippen molar-refractivity contribution < 1.29 is 9.53 Å². The molecule has 0 radical (unpaired) electrons. The van der Waals surface area contributed by atoms with Gasteiger partial charge >= 0.3 is 0 Å². The summed E-state index contributed by atoms with van der Waals surface area (Å²) >= 11 is 5.80. The minimum Gasteiger partial charge on any atom is -0.377 e. The second-order valence-electron chi connectivity index (χ2n) is 4.52. The smallest absolute Gasteiger partial charge is 0.136 e. The zero-order valence-electron chi connectivity index (χ0n) is 9.82. The summed E-state index contributed by atoms with van der Waals surface area (Å²) in [5.41, 5.74) is 1.12. The van der Waals surface area contributed by atoms with E-state index in [2.05, 4.69) is 0 Å². The maximum absolute atomic E-state index is 11.4. The number of halogens is 1. The highest BCUT2D eigenvalue weighted by Crippen LogP contribution is 2.24. The van der Waals surface area contributed by atoms with Crippen molar-refractivity contribution in [1.82, 2.24) is 0 Å². The third-order valence-corrected chi connectivity index (χ3v) is 3.48. The molecule has 2 rings (SSSR count). The highest BCUT2D eigenvalue weighted by atomic mass is 35.5. The molecular formula is C14H17ClO2. The van der Waals surface area contributed by atoms with E-state index in [1.807, 2.05) is 24.3 Å². The molecule has 0 N–H and O–H groups in total. The number of benzene rings is 1. The molecular weight excluding hydrogens is 236 g/mol. The first kappa shape index (κ1) is 12.6. The molecule has 1 saturated carbocycles. The summed E-state index contributed by atoms with van der Waals surface area (Å²) in [7, 11) is 0. The number of ketones is 1. The molecule has 0 bridgehead atoms. The normalized spacial score (nSPS) is 19.8. The van der Waals surface area contributed by atoms with Gasteiger partial charge in [-0.3, -0.25) is 4.79 Å². The van der Waals surface area contributed by atoms with Crippen LogP contribution in [0.2, 0.25) is 5.02 Å². The first-order valence-corrected chi connectivity index (χ1v) is 6.48. The molecule has 0 aromatic heterocycles. The molecule has 1 aromatic rings. The Bertz CT molecular complexity index is 372. The molecule has 0 saturated heterocycles. The molecule has 0 amide bonds. The quantitative estimate of drug-likeness (QED) is 0.749. The third-order valence-electron chi connectivity index (χ3n) is 3.22. The van der Waals surface area contributed by atoms with Crippen LogP contribution in [0.15, 0.2) is 24.3 Å². The first-order valence-electron chi connectivity index (χ1n) is 6.10. The molecule has 1 fully saturated rings. The highest BCUT2D eigenvalue weighted by molar-refractivity contribution is 6.30. The summed E-state index contributed by atoms with van der Waals surface area (Å²) in [6, 6.07) is 7.65. The molecule has 92 valence electrons.